The van der Waals surface area contributed by atoms with Crippen molar-refractivity contribution in [2.24, 2.45) is 11.8 Å². The number of ketones is 1. The molecule has 0 amide bonds. The van der Waals surface area contributed by atoms with Gasteiger partial charge in [-0.15, -0.1) is 11.3 Å². The average molecular weight is 259 g/mol. The van der Waals surface area contributed by atoms with Crippen LogP contribution in [0.5, 0.6) is 0 Å². The van der Waals surface area contributed by atoms with E-state index < -0.39 is 0 Å². The molecule has 13 heavy (non-hydrogen) atoms. The molecule has 0 aromatic carbocycles. The van der Waals surface area contributed by atoms with Gasteiger partial charge >= 0.3 is 0 Å². The van der Waals surface area contributed by atoms with E-state index in [-0.39, 0.29) is 0 Å². The summed E-state index contributed by atoms with van der Waals surface area (Å²) in [4.78, 5) is 13.0. The Bertz CT molecular complexity index is 356. The smallest absolute Gasteiger partial charge is 0.167 e. The highest BCUT2D eigenvalue weighted by molar-refractivity contribution is 9.11. The van der Waals surface area contributed by atoms with E-state index in [1.807, 2.05) is 13.0 Å². The van der Waals surface area contributed by atoms with Crippen molar-refractivity contribution < 1.29 is 4.79 Å². The summed E-state index contributed by atoms with van der Waals surface area (Å²) in [6.07, 6.45) is 1.08. The number of rotatable bonds is 2. The summed E-state index contributed by atoms with van der Waals surface area (Å²) in [7, 11) is 0. The third kappa shape index (κ3) is 1.72. The molecule has 1 fully saturated rings. The molecule has 2 unspecified atom stereocenters. The fraction of sp³-hybridized carbons (Fsp3) is 0.500. The lowest BCUT2D eigenvalue weighted by Crippen LogP contribution is -2.02. The molecule has 3 heteroatoms. The van der Waals surface area contributed by atoms with E-state index in [2.05, 4.69) is 22.9 Å². The minimum Gasteiger partial charge on any atom is -0.294 e. The molecule has 1 aliphatic rings. The van der Waals surface area contributed by atoms with Crippen molar-refractivity contribution in [3.63, 3.8) is 0 Å². The molecule has 1 nitrogen and oxygen atoms in total. The Labute approximate surface area is 90.3 Å². The minimum atomic E-state index is 0.306. The predicted molar refractivity (Wildman–Crippen MR) is 58.4 cm³/mol. The maximum Gasteiger partial charge on any atom is 0.167 e. The lowest BCUT2D eigenvalue weighted by Gasteiger charge is -1.95. The van der Waals surface area contributed by atoms with Gasteiger partial charge in [-0.3, -0.25) is 4.79 Å². The van der Waals surface area contributed by atoms with Crippen LogP contribution in [0.15, 0.2) is 9.85 Å². The second-order valence-corrected chi connectivity index (χ2v) is 6.34. The van der Waals surface area contributed by atoms with Crippen molar-refractivity contribution in [3.8, 4) is 0 Å². The van der Waals surface area contributed by atoms with Gasteiger partial charge in [-0.1, -0.05) is 6.92 Å². The Balaban J connectivity index is 2.25. The molecule has 2 rings (SSSR count). The molecule has 0 radical (unpaired) electrons. The summed E-state index contributed by atoms with van der Waals surface area (Å²) in [6, 6.07) is 1.95. The van der Waals surface area contributed by atoms with Crippen LogP contribution < -0.4 is 0 Å². The average Bonchev–Trinajstić information content (AvgIpc) is 2.67. The third-order valence-corrected chi connectivity index (χ3v) is 4.15. The van der Waals surface area contributed by atoms with Crippen molar-refractivity contribution in [1.82, 2.24) is 0 Å². The zero-order valence-electron chi connectivity index (χ0n) is 7.63. The van der Waals surface area contributed by atoms with Gasteiger partial charge in [-0.25, -0.2) is 0 Å². The molecule has 2 atom stereocenters. The topological polar surface area (TPSA) is 17.1 Å². The van der Waals surface area contributed by atoms with Crippen molar-refractivity contribution >= 4 is 33.0 Å². The second-order valence-electron chi connectivity index (χ2n) is 3.70. The van der Waals surface area contributed by atoms with Crippen LogP contribution in [0.1, 0.15) is 28.6 Å². The number of aryl methyl sites for hydroxylation is 1. The highest BCUT2D eigenvalue weighted by Gasteiger charge is 2.40. The molecule has 0 spiro atoms. The summed E-state index contributed by atoms with van der Waals surface area (Å²) in [5, 5.41) is 0. The van der Waals surface area contributed by atoms with Gasteiger partial charge < -0.3 is 0 Å². The summed E-state index contributed by atoms with van der Waals surface area (Å²) >= 11 is 5.04. The first-order valence-corrected chi connectivity index (χ1v) is 6.00. The SMILES string of the molecule is Cc1sc(Br)cc1C(=O)C1CC1C. The Morgan fingerprint density at radius 1 is 1.69 bits per heavy atom. The number of halogens is 1. The van der Waals surface area contributed by atoms with Crippen LogP contribution in [-0.4, -0.2) is 5.78 Å². The Hall–Kier alpha value is -0.150. The molecule has 1 aromatic heterocycles. The van der Waals surface area contributed by atoms with Gasteiger partial charge in [0.15, 0.2) is 5.78 Å². The minimum absolute atomic E-state index is 0.306. The van der Waals surface area contributed by atoms with E-state index in [9.17, 15) is 4.79 Å². The molecule has 0 N–H and O–H groups in total. The van der Waals surface area contributed by atoms with Crippen LogP contribution in [0.25, 0.3) is 0 Å². The molecule has 1 aromatic rings. The number of Topliss-reactive ketones (excluding diaryl/α,β-unsaturated/α-hetero) is 1. The van der Waals surface area contributed by atoms with Gasteiger partial charge in [0.25, 0.3) is 0 Å². The largest absolute Gasteiger partial charge is 0.294 e. The third-order valence-electron chi connectivity index (χ3n) is 2.60. The summed E-state index contributed by atoms with van der Waals surface area (Å²) < 4.78 is 1.06. The molecular formula is C10H11BrOS. The van der Waals surface area contributed by atoms with E-state index in [0.29, 0.717) is 17.6 Å². The van der Waals surface area contributed by atoms with Crippen LogP contribution >= 0.6 is 27.3 Å². The molecule has 0 aliphatic heterocycles. The highest BCUT2D eigenvalue weighted by Crippen LogP contribution is 2.42. The molecular weight excluding hydrogens is 248 g/mol. The number of hydrogen-bond donors (Lipinski definition) is 0. The molecule has 1 aliphatic carbocycles. The predicted octanol–water partition coefficient (Wildman–Crippen LogP) is 3.66. The second kappa shape index (κ2) is 3.21. The summed E-state index contributed by atoms with van der Waals surface area (Å²) in [5.41, 5.74) is 0.922. The Morgan fingerprint density at radius 3 is 2.69 bits per heavy atom. The number of hydrogen-bond acceptors (Lipinski definition) is 2. The highest BCUT2D eigenvalue weighted by atomic mass is 79.9. The zero-order valence-corrected chi connectivity index (χ0v) is 10.0. The van der Waals surface area contributed by atoms with E-state index in [1.165, 1.54) is 0 Å². The van der Waals surface area contributed by atoms with Gasteiger partial charge in [-0.05, 0) is 41.3 Å². The lowest BCUT2D eigenvalue weighted by molar-refractivity contribution is 0.0962. The van der Waals surface area contributed by atoms with Gasteiger partial charge in [-0.2, -0.15) is 0 Å². The molecule has 0 saturated heterocycles. The number of thiophene rings is 1. The Morgan fingerprint density at radius 2 is 2.31 bits per heavy atom. The van der Waals surface area contributed by atoms with E-state index in [0.717, 1.165) is 20.6 Å². The van der Waals surface area contributed by atoms with Crippen LogP contribution in [0.3, 0.4) is 0 Å². The molecule has 1 saturated carbocycles. The first-order chi connectivity index (χ1) is 6.09. The maximum atomic E-state index is 11.8. The van der Waals surface area contributed by atoms with Gasteiger partial charge in [0.05, 0.1) is 3.79 Å². The van der Waals surface area contributed by atoms with Crippen LogP contribution in [0.4, 0.5) is 0 Å². The van der Waals surface area contributed by atoms with E-state index in [1.54, 1.807) is 11.3 Å². The quantitative estimate of drug-likeness (QED) is 0.741. The normalized spacial score (nSPS) is 26.1. The van der Waals surface area contributed by atoms with Crippen molar-refractivity contribution in [1.29, 1.82) is 0 Å². The molecule has 70 valence electrons. The van der Waals surface area contributed by atoms with E-state index in [4.69, 9.17) is 0 Å². The van der Waals surface area contributed by atoms with E-state index >= 15 is 0 Å². The van der Waals surface area contributed by atoms with Crippen LogP contribution in [-0.2, 0) is 0 Å². The Kier molecular flexibility index (Phi) is 2.32. The van der Waals surface area contributed by atoms with Gasteiger partial charge in [0, 0.05) is 16.4 Å². The number of carbonyl (C=O) groups excluding carboxylic acids is 1. The molecule has 1 heterocycles. The lowest BCUT2D eigenvalue weighted by atomic mass is 10.1. The van der Waals surface area contributed by atoms with Gasteiger partial charge in [0.2, 0.25) is 0 Å². The first-order valence-electron chi connectivity index (χ1n) is 4.39. The fourth-order valence-electron chi connectivity index (χ4n) is 1.58. The standard InChI is InChI=1S/C10H11BrOS/c1-5-3-7(5)10(12)8-4-9(11)13-6(8)2/h4-5,7H,3H2,1-2H3. The monoisotopic (exact) mass is 258 g/mol. The summed E-state index contributed by atoms with van der Waals surface area (Å²) in [5.74, 6) is 1.25. The van der Waals surface area contributed by atoms with Crippen molar-refractivity contribution in [2.75, 3.05) is 0 Å². The molecule has 0 bridgehead atoms. The van der Waals surface area contributed by atoms with Gasteiger partial charge in [0.1, 0.15) is 0 Å². The first kappa shape index (κ1) is 9.41. The fourth-order valence-corrected chi connectivity index (χ4v) is 3.27. The van der Waals surface area contributed by atoms with Crippen LogP contribution in [0.2, 0.25) is 0 Å². The van der Waals surface area contributed by atoms with Crippen molar-refractivity contribution in [3.05, 3.63) is 20.3 Å². The number of carbonyl (C=O) groups is 1. The van der Waals surface area contributed by atoms with Crippen LogP contribution in [0, 0.1) is 18.8 Å². The zero-order chi connectivity index (χ0) is 9.59. The maximum absolute atomic E-state index is 11.8. The van der Waals surface area contributed by atoms with Crippen molar-refractivity contribution in [2.45, 2.75) is 20.3 Å². The summed E-state index contributed by atoms with van der Waals surface area (Å²) in [6.45, 7) is 4.15.